The van der Waals surface area contributed by atoms with Crippen molar-refractivity contribution in [2.75, 3.05) is 33.2 Å². The zero-order chi connectivity index (χ0) is 13.4. The van der Waals surface area contributed by atoms with Crippen LogP contribution >= 0.6 is 0 Å². The van der Waals surface area contributed by atoms with Gasteiger partial charge in [-0.25, -0.2) is 0 Å². The predicted octanol–water partition coefficient (Wildman–Crippen LogP) is 1.83. The smallest absolute Gasteiger partial charge is 0.226 e. The van der Waals surface area contributed by atoms with Crippen molar-refractivity contribution < 1.29 is 4.79 Å². The van der Waals surface area contributed by atoms with Crippen molar-refractivity contribution in [2.45, 2.75) is 20.3 Å². The second-order valence-corrected chi connectivity index (χ2v) is 4.41. The Bertz CT molecular complexity index is 347. The van der Waals surface area contributed by atoms with Crippen LogP contribution < -0.4 is 0 Å². The summed E-state index contributed by atoms with van der Waals surface area (Å²) in [5, 5.41) is 0. The third-order valence-corrected chi connectivity index (χ3v) is 3.19. The maximum atomic E-state index is 12.0. The summed E-state index contributed by atoms with van der Waals surface area (Å²) < 4.78 is 0. The molecule has 0 aliphatic carbocycles. The van der Waals surface area contributed by atoms with E-state index in [2.05, 4.69) is 24.8 Å². The van der Waals surface area contributed by atoms with Crippen molar-refractivity contribution in [2.24, 2.45) is 0 Å². The minimum atomic E-state index is 0.157. The Kier molecular flexibility index (Phi) is 6.44. The lowest BCUT2D eigenvalue weighted by Crippen LogP contribution is -2.36. The second-order valence-electron chi connectivity index (χ2n) is 4.41. The first-order valence-electron chi connectivity index (χ1n) is 6.59. The van der Waals surface area contributed by atoms with Crippen molar-refractivity contribution >= 4 is 5.91 Å². The average Bonchev–Trinajstić information content (AvgIpc) is 2.40. The van der Waals surface area contributed by atoms with Crippen molar-refractivity contribution in [1.82, 2.24) is 9.80 Å². The zero-order valence-corrected chi connectivity index (χ0v) is 11.6. The molecule has 0 aromatic heterocycles. The minimum Gasteiger partial charge on any atom is -0.344 e. The van der Waals surface area contributed by atoms with Crippen LogP contribution in [-0.2, 0) is 11.2 Å². The van der Waals surface area contributed by atoms with Crippen molar-refractivity contribution in [1.29, 1.82) is 0 Å². The normalized spacial score (nSPS) is 10.7. The van der Waals surface area contributed by atoms with E-state index in [0.29, 0.717) is 6.42 Å². The highest BCUT2D eigenvalue weighted by molar-refractivity contribution is 5.78. The average molecular weight is 247 g/mol. The summed E-state index contributed by atoms with van der Waals surface area (Å²) in [6.45, 7) is 8.07. The van der Waals surface area contributed by atoms with Gasteiger partial charge in [-0.3, -0.25) is 4.79 Å². The maximum Gasteiger partial charge on any atom is 0.226 e. The lowest BCUT2D eigenvalue weighted by Gasteiger charge is -2.23. The highest BCUT2D eigenvalue weighted by atomic mass is 16.2. The topological polar surface area (TPSA) is 23.6 Å². The number of rotatable bonds is 7. The summed E-state index contributed by atoms with van der Waals surface area (Å²) in [5.74, 6) is 0.157. The lowest BCUT2D eigenvalue weighted by molar-refractivity contribution is -0.129. The Morgan fingerprint density at radius 1 is 1.22 bits per heavy atom. The molecular weight excluding hydrogens is 224 g/mol. The van der Waals surface area contributed by atoms with E-state index in [9.17, 15) is 4.79 Å². The second kappa shape index (κ2) is 7.88. The lowest BCUT2D eigenvalue weighted by atomic mass is 10.1. The maximum absolute atomic E-state index is 12.0. The fourth-order valence-corrected chi connectivity index (χ4v) is 1.79. The van der Waals surface area contributed by atoms with E-state index in [0.717, 1.165) is 31.7 Å². The summed E-state index contributed by atoms with van der Waals surface area (Å²) in [7, 11) is 1.87. The number of hydrogen-bond acceptors (Lipinski definition) is 2. The van der Waals surface area contributed by atoms with Crippen molar-refractivity contribution in [3.8, 4) is 0 Å². The molecule has 0 saturated heterocycles. The molecule has 99 valence electrons. The van der Waals surface area contributed by atoms with Gasteiger partial charge in [-0.05, 0) is 24.7 Å². The monoisotopic (exact) mass is 247 g/mol. The Hall–Kier alpha value is -1.35. The molecule has 18 heavy (non-hydrogen) atoms. The summed E-state index contributed by atoms with van der Waals surface area (Å²) in [6.07, 6.45) is 0.440. The van der Waals surface area contributed by atoms with Crippen LogP contribution in [0.1, 0.15) is 19.4 Å². The van der Waals surface area contributed by atoms with Crippen LogP contribution in [0.25, 0.3) is 0 Å². The fraction of sp³-hybridized carbons (Fsp3) is 0.533. The van der Waals surface area contributed by atoms with Gasteiger partial charge in [-0.1, -0.05) is 38.1 Å². The molecule has 0 N–H and O–H groups in total. The first-order chi connectivity index (χ1) is 8.67. The van der Waals surface area contributed by atoms with Crippen LogP contribution in [0.2, 0.25) is 0 Å². The van der Waals surface area contributed by atoms with Gasteiger partial charge >= 0.3 is 0 Å². The molecule has 1 aromatic carbocycles. The first-order valence-corrected chi connectivity index (χ1v) is 6.59. The van der Waals surface area contributed by atoms with Crippen LogP contribution in [0, 0.1) is 6.07 Å². The van der Waals surface area contributed by atoms with Gasteiger partial charge in [-0.2, -0.15) is 0 Å². The molecule has 0 aliphatic rings. The van der Waals surface area contributed by atoms with Crippen LogP contribution in [0.4, 0.5) is 0 Å². The molecule has 1 amide bonds. The number of nitrogens with zero attached hydrogens (tertiary/aromatic N) is 2. The van der Waals surface area contributed by atoms with Crippen LogP contribution in [0.3, 0.4) is 0 Å². The third kappa shape index (κ3) is 4.88. The van der Waals surface area contributed by atoms with E-state index >= 15 is 0 Å². The van der Waals surface area contributed by atoms with Crippen LogP contribution in [-0.4, -0.2) is 48.9 Å². The summed E-state index contributed by atoms with van der Waals surface area (Å²) in [4.78, 5) is 16.1. The number of hydrogen-bond donors (Lipinski definition) is 0. The molecule has 0 atom stereocenters. The fourth-order valence-electron chi connectivity index (χ4n) is 1.79. The molecule has 1 rings (SSSR count). The van der Waals surface area contributed by atoms with Gasteiger partial charge in [0.25, 0.3) is 0 Å². The van der Waals surface area contributed by atoms with E-state index in [1.165, 1.54) is 0 Å². The van der Waals surface area contributed by atoms with Gasteiger partial charge < -0.3 is 9.80 Å². The number of amides is 1. The quantitative estimate of drug-likeness (QED) is 0.734. The Balaban J connectivity index is 2.37. The highest BCUT2D eigenvalue weighted by Gasteiger charge is 2.10. The first kappa shape index (κ1) is 14.7. The molecule has 3 heteroatoms. The Morgan fingerprint density at radius 3 is 2.50 bits per heavy atom. The van der Waals surface area contributed by atoms with Crippen molar-refractivity contribution in [3.05, 3.63) is 35.9 Å². The molecule has 0 saturated carbocycles. The van der Waals surface area contributed by atoms with E-state index in [4.69, 9.17) is 0 Å². The molecule has 0 aliphatic heterocycles. The van der Waals surface area contributed by atoms with Crippen LogP contribution in [0.15, 0.2) is 24.3 Å². The largest absolute Gasteiger partial charge is 0.344 e. The third-order valence-electron chi connectivity index (χ3n) is 3.19. The molecule has 1 radical (unpaired) electrons. The SMILES string of the molecule is CCN(CC)CCN(C)C(=O)Cc1[c]cccc1. The number of benzene rings is 1. The van der Waals surface area contributed by atoms with Gasteiger partial charge in [-0.15, -0.1) is 0 Å². The molecule has 0 heterocycles. The number of likely N-dealkylation sites (N-methyl/N-ethyl adjacent to an activating group) is 2. The molecule has 0 spiro atoms. The Morgan fingerprint density at radius 2 is 1.94 bits per heavy atom. The predicted molar refractivity (Wildman–Crippen MR) is 74.4 cm³/mol. The van der Waals surface area contributed by atoms with Crippen LogP contribution in [0.5, 0.6) is 0 Å². The standard InChI is InChI=1S/C15H23N2O/c1-4-17(5-2)12-11-16(3)15(18)13-14-9-7-6-8-10-14/h6-9H,4-5,11-13H2,1-3H3. The van der Waals surface area contributed by atoms with Gasteiger partial charge in [0.1, 0.15) is 0 Å². The molecular formula is C15H23N2O. The van der Waals surface area contributed by atoms with Crippen molar-refractivity contribution in [3.63, 3.8) is 0 Å². The Labute approximate surface area is 110 Å². The van der Waals surface area contributed by atoms with E-state index in [-0.39, 0.29) is 5.91 Å². The number of carbonyl (C=O) groups is 1. The molecule has 0 fully saturated rings. The summed E-state index contributed by atoms with van der Waals surface area (Å²) >= 11 is 0. The molecule has 0 unspecified atom stereocenters. The van der Waals surface area contributed by atoms with Gasteiger partial charge in [0.15, 0.2) is 0 Å². The molecule has 3 nitrogen and oxygen atoms in total. The molecule has 1 aromatic rings. The highest BCUT2D eigenvalue weighted by Crippen LogP contribution is 2.01. The number of carbonyl (C=O) groups excluding carboxylic acids is 1. The van der Waals surface area contributed by atoms with Gasteiger partial charge in [0, 0.05) is 20.1 Å². The summed E-state index contributed by atoms with van der Waals surface area (Å²) in [5.41, 5.74) is 0.956. The zero-order valence-electron chi connectivity index (χ0n) is 11.6. The minimum absolute atomic E-state index is 0.157. The molecule has 0 bridgehead atoms. The van der Waals surface area contributed by atoms with E-state index in [1.54, 1.807) is 4.90 Å². The van der Waals surface area contributed by atoms with Gasteiger partial charge in [0.05, 0.1) is 6.42 Å². The van der Waals surface area contributed by atoms with Gasteiger partial charge in [0.2, 0.25) is 5.91 Å². The van der Waals surface area contributed by atoms with E-state index < -0.39 is 0 Å². The van der Waals surface area contributed by atoms with E-state index in [1.807, 2.05) is 31.3 Å². The summed E-state index contributed by atoms with van der Waals surface area (Å²) in [6, 6.07) is 10.7.